The summed E-state index contributed by atoms with van der Waals surface area (Å²) in [5.74, 6) is 0.549. The maximum absolute atomic E-state index is 14.2. The number of benzene rings is 3. The van der Waals surface area contributed by atoms with E-state index in [2.05, 4.69) is 5.32 Å². The molecule has 0 aromatic heterocycles. The number of rotatable bonds is 16. The van der Waals surface area contributed by atoms with Gasteiger partial charge in [-0.1, -0.05) is 51.1 Å². The molecule has 0 fully saturated rings. The van der Waals surface area contributed by atoms with Gasteiger partial charge in [-0.2, -0.15) is 0 Å². The minimum atomic E-state index is -4.30. The maximum atomic E-state index is 14.2. The normalized spacial score (nSPS) is 11.9. The third-order valence-corrected chi connectivity index (χ3v) is 8.69. The highest BCUT2D eigenvalue weighted by Crippen LogP contribution is 2.33. The standard InChI is InChI=1S/C33H43N3O7S/c1-7-29(33(38)34-21-24(3)4)35(22-25-12-10-9-11-13-25)32(37)23-36(26-14-16-27(17-15-26)43-8-2)44(39,40)28-18-19-30(41-5)31(20-28)42-6/h9-20,24,29H,7-8,21-23H2,1-6H3,(H,34,38)/t29-/m1/s1. The molecule has 238 valence electrons. The molecule has 0 bridgehead atoms. The van der Waals surface area contributed by atoms with E-state index in [1.165, 1.54) is 37.3 Å². The van der Waals surface area contributed by atoms with Crippen LogP contribution in [0, 0.1) is 5.92 Å². The zero-order valence-electron chi connectivity index (χ0n) is 26.3. The van der Waals surface area contributed by atoms with Crippen LogP contribution in [-0.2, 0) is 26.2 Å². The molecule has 0 radical (unpaired) electrons. The highest BCUT2D eigenvalue weighted by molar-refractivity contribution is 7.92. The van der Waals surface area contributed by atoms with Crippen LogP contribution in [0.3, 0.4) is 0 Å². The van der Waals surface area contributed by atoms with E-state index < -0.39 is 28.5 Å². The first kappa shape index (κ1) is 34.2. The van der Waals surface area contributed by atoms with Gasteiger partial charge in [0.1, 0.15) is 18.3 Å². The number of nitrogens with zero attached hydrogens (tertiary/aromatic N) is 2. The second-order valence-corrected chi connectivity index (χ2v) is 12.4. The summed E-state index contributed by atoms with van der Waals surface area (Å²) in [5.41, 5.74) is 1.07. The highest BCUT2D eigenvalue weighted by Gasteiger charge is 2.34. The molecule has 0 heterocycles. The number of amides is 2. The minimum absolute atomic E-state index is 0.0897. The van der Waals surface area contributed by atoms with Crippen molar-refractivity contribution in [3.8, 4) is 17.2 Å². The molecule has 3 aromatic carbocycles. The zero-order valence-corrected chi connectivity index (χ0v) is 27.1. The molecule has 44 heavy (non-hydrogen) atoms. The van der Waals surface area contributed by atoms with Crippen LogP contribution in [-0.4, -0.2) is 65.1 Å². The Balaban J connectivity index is 2.08. The van der Waals surface area contributed by atoms with Crippen LogP contribution in [0.5, 0.6) is 17.2 Å². The van der Waals surface area contributed by atoms with Crippen LogP contribution in [0.2, 0.25) is 0 Å². The SMILES string of the molecule is CCOc1ccc(N(CC(=O)N(Cc2ccccc2)[C@H](CC)C(=O)NCC(C)C)S(=O)(=O)c2ccc(OC)c(OC)c2)cc1. The van der Waals surface area contributed by atoms with Crippen molar-refractivity contribution in [3.63, 3.8) is 0 Å². The second kappa shape index (κ2) is 16.0. The van der Waals surface area contributed by atoms with Crippen molar-refractivity contribution < 1.29 is 32.2 Å². The molecular weight excluding hydrogens is 582 g/mol. The van der Waals surface area contributed by atoms with Crippen LogP contribution in [0.15, 0.2) is 77.7 Å². The molecule has 0 aliphatic rings. The number of hydrogen-bond acceptors (Lipinski definition) is 7. The molecule has 0 spiro atoms. The fourth-order valence-electron chi connectivity index (χ4n) is 4.63. The van der Waals surface area contributed by atoms with Crippen LogP contribution in [0.4, 0.5) is 5.69 Å². The van der Waals surface area contributed by atoms with Gasteiger partial charge >= 0.3 is 0 Å². The van der Waals surface area contributed by atoms with Gasteiger partial charge in [0.2, 0.25) is 11.8 Å². The third-order valence-electron chi connectivity index (χ3n) is 6.92. The van der Waals surface area contributed by atoms with Crippen molar-refractivity contribution in [3.05, 3.63) is 78.4 Å². The number of anilines is 1. The second-order valence-electron chi connectivity index (χ2n) is 10.5. The van der Waals surface area contributed by atoms with Crippen molar-refractivity contribution in [1.29, 1.82) is 0 Å². The molecule has 0 aliphatic carbocycles. The van der Waals surface area contributed by atoms with Gasteiger partial charge < -0.3 is 24.4 Å². The topological polar surface area (TPSA) is 114 Å². The van der Waals surface area contributed by atoms with Crippen molar-refractivity contribution in [2.24, 2.45) is 5.92 Å². The molecule has 1 N–H and O–H groups in total. The molecule has 1 atom stereocenters. The van der Waals surface area contributed by atoms with Gasteiger partial charge in [0, 0.05) is 19.2 Å². The quantitative estimate of drug-likeness (QED) is 0.241. The van der Waals surface area contributed by atoms with Crippen LogP contribution >= 0.6 is 0 Å². The predicted molar refractivity (Wildman–Crippen MR) is 171 cm³/mol. The molecule has 0 saturated heterocycles. The van der Waals surface area contributed by atoms with Crippen LogP contribution in [0.25, 0.3) is 0 Å². The Bertz CT molecular complexity index is 1480. The molecule has 11 heteroatoms. The largest absolute Gasteiger partial charge is 0.494 e. The number of hydrogen-bond donors (Lipinski definition) is 1. The summed E-state index contributed by atoms with van der Waals surface area (Å²) in [5, 5.41) is 2.93. The summed E-state index contributed by atoms with van der Waals surface area (Å²) in [4.78, 5) is 28.9. The highest BCUT2D eigenvalue weighted by atomic mass is 32.2. The summed E-state index contributed by atoms with van der Waals surface area (Å²) in [6.07, 6.45) is 0.341. The lowest BCUT2D eigenvalue weighted by Gasteiger charge is -2.33. The van der Waals surface area contributed by atoms with E-state index in [0.29, 0.717) is 31.1 Å². The van der Waals surface area contributed by atoms with E-state index in [4.69, 9.17) is 14.2 Å². The Hall–Kier alpha value is -4.25. The van der Waals surface area contributed by atoms with E-state index in [1.807, 2.05) is 58.0 Å². The zero-order chi connectivity index (χ0) is 32.3. The molecule has 10 nitrogen and oxygen atoms in total. The predicted octanol–water partition coefficient (Wildman–Crippen LogP) is 4.88. The summed E-state index contributed by atoms with van der Waals surface area (Å²) in [6, 6.07) is 19.2. The van der Waals surface area contributed by atoms with Crippen molar-refractivity contribution >= 4 is 27.5 Å². The van der Waals surface area contributed by atoms with Crippen LogP contribution in [0.1, 0.15) is 39.7 Å². The van der Waals surface area contributed by atoms with E-state index in [9.17, 15) is 18.0 Å². The lowest BCUT2D eigenvalue weighted by molar-refractivity contribution is -0.140. The summed E-state index contributed by atoms with van der Waals surface area (Å²) >= 11 is 0. The van der Waals surface area contributed by atoms with Gasteiger partial charge in [-0.15, -0.1) is 0 Å². The van der Waals surface area contributed by atoms with Gasteiger partial charge in [0.25, 0.3) is 10.0 Å². The molecule has 3 rings (SSSR count). The molecule has 0 saturated carbocycles. The van der Waals surface area contributed by atoms with Crippen molar-refractivity contribution in [2.45, 2.75) is 51.6 Å². The van der Waals surface area contributed by atoms with E-state index in [1.54, 1.807) is 24.3 Å². The van der Waals surface area contributed by atoms with E-state index >= 15 is 0 Å². The van der Waals surface area contributed by atoms with Gasteiger partial charge in [-0.3, -0.25) is 13.9 Å². The first-order chi connectivity index (χ1) is 21.0. The lowest BCUT2D eigenvalue weighted by atomic mass is 10.1. The molecular formula is C33H43N3O7S. The van der Waals surface area contributed by atoms with Crippen LogP contribution < -0.4 is 23.8 Å². The molecule has 0 aliphatic heterocycles. The average Bonchev–Trinajstić information content (AvgIpc) is 3.03. The van der Waals surface area contributed by atoms with Crippen molar-refractivity contribution in [1.82, 2.24) is 10.2 Å². The Labute approximate surface area is 261 Å². The first-order valence-electron chi connectivity index (χ1n) is 14.6. The van der Waals surface area contributed by atoms with Gasteiger partial charge in [-0.25, -0.2) is 8.42 Å². The smallest absolute Gasteiger partial charge is 0.264 e. The Morgan fingerprint density at radius 2 is 1.55 bits per heavy atom. The monoisotopic (exact) mass is 625 g/mol. The Kier molecular flexibility index (Phi) is 12.5. The first-order valence-corrected chi connectivity index (χ1v) is 16.1. The molecule has 0 unspecified atom stereocenters. The van der Waals surface area contributed by atoms with Crippen molar-refractivity contribution in [2.75, 3.05) is 38.2 Å². The summed E-state index contributed by atoms with van der Waals surface area (Å²) in [6.45, 7) is 8.13. The van der Waals surface area contributed by atoms with E-state index in [0.717, 1.165) is 9.87 Å². The number of nitrogens with one attached hydrogen (secondary N) is 1. The number of ether oxygens (including phenoxy) is 3. The summed E-state index contributed by atoms with van der Waals surface area (Å²) < 4.78 is 45.7. The molecule has 2 amide bonds. The fourth-order valence-corrected chi connectivity index (χ4v) is 6.06. The number of carbonyl (C=O) groups is 2. The average molecular weight is 626 g/mol. The number of sulfonamides is 1. The Morgan fingerprint density at radius 1 is 0.886 bits per heavy atom. The van der Waals surface area contributed by atoms with E-state index in [-0.39, 0.29) is 34.7 Å². The maximum Gasteiger partial charge on any atom is 0.264 e. The molecule has 3 aromatic rings. The lowest BCUT2D eigenvalue weighted by Crippen LogP contribution is -2.52. The minimum Gasteiger partial charge on any atom is -0.494 e. The summed E-state index contributed by atoms with van der Waals surface area (Å²) in [7, 11) is -1.43. The van der Waals surface area contributed by atoms with Gasteiger partial charge in [0.15, 0.2) is 11.5 Å². The third kappa shape index (κ3) is 8.66. The van der Waals surface area contributed by atoms with Gasteiger partial charge in [0.05, 0.1) is 31.4 Å². The Morgan fingerprint density at radius 3 is 2.11 bits per heavy atom. The fraction of sp³-hybridized carbons (Fsp3) is 0.394. The number of methoxy groups -OCH3 is 2. The number of carbonyl (C=O) groups excluding carboxylic acids is 2. The van der Waals surface area contributed by atoms with Gasteiger partial charge in [-0.05, 0) is 61.2 Å².